The van der Waals surface area contributed by atoms with Crippen LogP contribution in [-0.4, -0.2) is 25.9 Å². The van der Waals surface area contributed by atoms with Crippen LogP contribution >= 0.6 is 0 Å². The maximum atomic E-state index is 5.96. The van der Waals surface area contributed by atoms with Gasteiger partial charge in [0.2, 0.25) is 0 Å². The van der Waals surface area contributed by atoms with Crippen molar-refractivity contribution in [1.82, 2.24) is 5.32 Å². The van der Waals surface area contributed by atoms with Gasteiger partial charge in [0.1, 0.15) is 5.75 Å². The van der Waals surface area contributed by atoms with Gasteiger partial charge in [-0.2, -0.15) is 0 Å². The fourth-order valence-electron chi connectivity index (χ4n) is 3.65. The van der Waals surface area contributed by atoms with Crippen LogP contribution < -0.4 is 10.1 Å². The summed E-state index contributed by atoms with van der Waals surface area (Å²) in [5.74, 6) is 1.76. The number of aryl methyl sites for hydroxylation is 1. The van der Waals surface area contributed by atoms with E-state index in [0.29, 0.717) is 18.1 Å². The highest BCUT2D eigenvalue weighted by Gasteiger charge is 2.28. The largest absolute Gasteiger partial charge is 0.493 e. The minimum Gasteiger partial charge on any atom is -0.493 e. The Bertz CT molecular complexity index is 474. The van der Waals surface area contributed by atoms with Crippen molar-refractivity contribution in [3.8, 4) is 5.75 Å². The van der Waals surface area contributed by atoms with E-state index in [1.165, 1.54) is 17.5 Å². The minimum absolute atomic E-state index is 0.417. The smallest absolute Gasteiger partial charge is 0.126 e. The average molecular weight is 289 g/mol. The van der Waals surface area contributed by atoms with Gasteiger partial charge >= 0.3 is 0 Å². The van der Waals surface area contributed by atoms with Crippen LogP contribution in [0.15, 0.2) is 18.2 Å². The molecule has 0 amide bonds. The second-order valence-corrected chi connectivity index (χ2v) is 6.31. The molecule has 3 nitrogen and oxygen atoms in total. The Hall–Kier alpha value is -1.06. The van der Waals surface area contributed by atoms with Crippen LogP contribution in [0.4, 0.5) is 0 Å². The van der Waals surface area contributed by atoms with Crippen LogP contribution in [0.5, 0.6) is 5.75 Å². The molecule has 2 aliphatic rings. The number of benzene rings is 1. The van der Waals surface area contributed by atoms with Crippen molar-refractivity contribution in [2.24, 2.45) is 5.92 Å². The lowest BCUT2D eigenvalue weighted by Crippen LogP contribution is -2.31. The number of para-hydroxylation sites is 1. The number of hydrogen-bond donors (Lipinski definition) is 1. The van der Waals surface area contributed by atoms with Crippen LogP contribution in [0.3, 0.4) is 0 Å². The molecule has 2 aliphatic heterocycles. The van der Waals surface area contributed by atoms with Crippen molar-refractivity contribution in [3.63, 3.8) is 0 Å². The Kier molecular flexibility index (Phi) is 4.81. The maximum absolute atomic E-state index is 5.96. The van der Waals surface area contributed by atoms with Crippen LogP contribution in [0.1, 0.15) is 49.8 Å². The molecule has 1 aromatic rings. The average Bonchev–Trinajstić information content (AvgIpc) is 2.85. The highest BCUT2D eigenvalue weighted by molar-refractivity contribution is 5.43. The predicted molar refractivity (Wildman–Crippen MR) is 84.8 cm³/mol. The zero-order chi connectivity index (χ0) is 14.7. The first-order valence-electron chi connectivity index (χ1n) is 8.37. The molecule has 1 aromatic carbocycles. The molecule has 0 spiro atoms. The summed E-state index contributed by atoms with van der Waals surface area (Å²) in [5, 5.41) is 3.79. The fraction of sp³-hybridized carbons (Fsp3) is 0.667. The Morgan fingerprint density at radius 1 is 1.24 bits per heavy atom. The molecule has 1 fully saturated rings. The molecule has 1 N–H and O–H groups in total. The Morgan fingerprint density at radius 3 is 3.00 bits per heavy atom. The SMILES string of the molecule is CCC1OCCC1CNC1CCCOc2c(C)cccc21. The Balaban J connectivity index is 1.69. The summed E-state index contributed by atoms with van der Waals surface area (Å²) in [6, 6.07) is 6.92. The van der Waals surface area contributed by atoms with Crippen molar-refractivity contribution < 1.29 is 9.47 Å². The van der Waals surface area contributed by atoms with Gasteiger partial charge in [0, 0.05) is 24.8 Å². The quantitative estimate of drug-likeness (QED) is 0.918. The molecule has 2 heterocycles. The van der Waals surface area contributed by atoms with Gasteiger partial charge in [-0.25, -0.2) is 0 Å². The molecule has 21 heavy (non-hydrogen) atoms. The first kappa shape index (κ1) is 14.9. The number of fused-ring (bicyclic) bond motifs is 1. The van der Waals surface area contributed by atoms with E-state index >= 15 is 0 Å². The van der Waals surface area contributed by atoms with Crippen molar-refractivity contribution in [3.05, 3.63) is 29.3 Å². The van der Waals surface area contributed by atoms with E-state index < -0.39 is 0 Å². The molecule has 3 heteroatoms. The van der Waals surface area contributed by atoms with Gasteiger partial charge in [-0.05, 0) is 44.1 Å². The normalized spacial score (nSPS) is 28.8. The first-order chi connectivity index (χ1) is 10.3. The second-order valence-electron chi connectivity index (χ2n) is 6.31. The van der Waals surface area contributed by atoms with Gasteiger partial charge in [-0.15, -0.1) is 0 Å². The zero-order valence-corrected chi connectivity index (χ0v) is 13.2. The number of nitrogens with one attached hydrogen (secondary N) is 1. The fourth-order valence-corrected chi connectivity index (χ4v) is 3.65. The zero-order valence-electron chi connectivity index (χ0n) is 13.2. The standard InChI is InChI=1S/C18H27NO2/c1-3-17-14(9-11-20-17)12-19-16-8-5-10-21-18-13(2)6-4-7-15(16)18/h4,6-7,14,16-17,19H,3,5,8-12H2,1-2H3. The molecule has 0 saturated carbocycles. The summed E-state index contributed by atoms with van der Waals surface area (Å²) in [6.45, 7) is 7.17. The maximum Gasteiger partial charge on any atom is 0.126 e. The van der Waals surface area contributed by atoms with Crippen molar-refractivity contribution >= 4 is 0 Å². The van der Waals surface area contributed by atoms with Crippen molar-refractivity contribution in [2.75, 3.05) is 19.8 Å². The summed E-state index contributed by atoms with van der Waals surface area (Å²) in [6.07, 6.45) is 5.02. The second kappa shape index (κ2) is 6.80. The van der Waals surface area contributed by atoms with Crippen LogP contribution in [-0.2, 0) is 4.74 Å². The van der Waals surface area contributed by atoms with Gasteiger partial charge in [-0.1, -0.05) is 25.1 Å². The van der Waals surface area contributed by atoms with E-state index in [1.807, 2.05) is 0 Å². The summed E-state index contributed by atoms with van der Waals surface area (Å²) in [5.41, 5.74) is 2.58. The van der Waals surface area contributed by atoms with Gasteiger partial charge < -0.3 is 14.8 Å². The van der Waals surface area contributed by atoms with E-state index in [-0.39, 0.29) is 0 Å². The van der Waals surface area contributed by atoms with Gasteiger partial charge in [-0.3, -0.25) is 0 Å². The van der Waals surface area contributed by atoms with Gasteiger partial charge in [0.15, 0.2) is 0 Å². The third-order valence-corrected chi connectivity index (χ3v) is 4.88. The van der Waals surface area contributed by atoms with E-state index in [1.54, 1.807) is 0 Å². The van der Waals surface area contributed by atoms with Crippen LogP contribution in [0, 0.1) is 12.8 Å². The highest BCUT2D eigenvalue weighted by atomic mass is 16.5. The molecule has 0 aromatic heterocycles. The lowest BCUT2D eigenvalue weighted by atomic mass is 9.96. The molecule has 3 rings (SSSR count). The summed E-state index contributed by atoms with van der Waals surface area (Å²) < 4.78 is 11.8. The third kappa shape index (κ3) is 3.24. The van der Waals surface area contributed by atoms with Crippen molar-refractivity contribution in [1.29, 1.82) is 0 Å². The lowest BCUT2D eigenvalue weighted by Gasteiger charge is -2.23. The summed E-state index contributed by atoms with van der Waals surface area (Å²) in [4.78, 5) is 0. The van der Waals surface area contributed by atoms with E-state index in [4.69, 9.17) is 9.47 Å². The van der Waals surface area contributed by atoms with E-state index in [0.717, 1.165) is 44.8 Å². The highest BCUT2D eigenvalue weighted by Crippen LogP contribution is 2.34. The first-order valence-corrected chi connectivity index (χ1v) is 8.37. The molecule has 116 valence electrons. The third-order valence-electron chi connectivity index (χ3n) is 4.88. The monoisotopic (exact) mass is 289 g/mol. The van der Waals surface area contributed by atoms with Crippen LogP contribution in [0.25, 0.3) is 0 Å². The van der Waals surface area contributed by atoms with E-state index in [2.05, 4.69) is 37.4 Å². The molecule has 0 aliphatic carbocycles. The van der Waals surface area contributed by atoms with E-state index in [9.17, 15) is 0 Å². The number of hydrogen-bond acceptors (Lipinski definition) is 3. The number of ether oxygens (including phenoxy) is 2. The molecular formula is C18H27NO2. The predicted octanol–water partition coefficient (Wildman–Crippen LogP) is 3.61. The Labute approximate surface area is 128 Å². The minimum atomic E-state index is 0.417. The van der Waals surface area contributed by atoms with Crippen molar-refractivity contribution in [2.45, 2.75) is 51.7 Å². The molecule has 0 bridgehead atoms. The molecule has 0 radical (unpaired) electrons. The Morgan fingerprint density at radius 2 is 2.14 bits per heavy atom. The molecule has 3 atom stereocenters. The topological polar surface area (TPSA) is 30.5 Å². The number of rotatable bonds is 4. The lowest BCUT2D eigenvalue weighted by molar-refractivity contribution is 0.0865. The molecular weight excluding hydrogens is 262 g/mol. The van der Waals surface area contributed by atoms with Gasteiger partial charge in [0.25, 0.3) is 0 Å². The summed E-state index contributed by atoms with van der Waals surface area (Å²) in [7, 11) is 0. The summed E-state index contributed by atoms with van der Waals surface area (Å²) >= 11 is 0. The molecule has 3 unspecified atom stereocenters. The molecule has 1 saturated heterocycles. The van der Waals surface area contributed by atoms with Gasteiger partial charge in [0.05, 0.1) is 12.7 Å². The van der Waals surface area contributed by atoms with Crippen LogP contribution in [0.2, 0.25) is 0 Å².